The van der Waals surface area contributed by atoms with Crippen LogP contribution in [0.15, 0.2) is 42.5 Å². The number of aryl methyl sites for hydroxylation is 1. The molecule has 0 atom stereocenters. The van der Waals surface area contributed by atoms with Crippen LogP contribution in [0.3, 0.4) is 0 Å². The number of rotatable bonds is 6. The van der Waals surface area contributed by atoms with Gasteiger partial charge in [0.2, 0.25) is 0 Å². The van der Waals surface area contributed by atoms with Gasteiger partial charge in [0.15, 0.2) is 11.6 Å². The third-order valence-corrected chi connectivity index (χ3v) is 3.29. The fourth-order valence-electron chi connectivity index (χ4n) is 2.06. The molecule has 2 aromatic rings. The second-order valence-corrected chi connectivity index (χ2v) is 5.53. The standard InChI is InChI=1S/C18H22FNO/c1-13(2)20-11-15-6-4-5-7-16(15)12-21-18-10-14(3)8-9-17(18)19/h4-10,13,20H,11-12H2,1-3H3. The van der Waals surface area contributed by atoms with Gasteiger partial charge in [-0.1, -0.05) is 44.2 Å². The van der Waals surface area contributed by atoms with Crippen LogP contribution in [0.5, 0.6) is 5.75 Å². The molecule has 1 N–H and O–H groups in total. The fraction of sp³-hybridized carbons (Fsp3) is 0.333. The van der Waals surface area contributed by atoms with Gasteiger partial charge in [0.05, 0.1) is 0 Å². The maximum Gasteiger partial charge on any atom is 0.165 e. The first kappa shape index (κ1) is 15.5. The molecule has 0 fully saturated rings. The van der Waals surface area contributed by atoms with Crippen LogP contribution in [0.25, 0.3) is 0 Å². The number of hydrogen-bond donors (Lipinski definition) is 1. The van der Waals surface area contributed by atoms with Gasteiger partial charge in [0, 0.05) is 12.6 Å². The van der Waals surface area contributed by atoms with E-state index < -0.39 is 0 Å². The second kappa shape index (κ2) is 7.23. The molecule has 0 bridgehead atoms. The van der Waals surface area contributed by atoms with E-state index in [0.717, 1.165) is 17.7 Å². The summed E-state index contributed by atoms with van der Waals surface area (Å²) in [6.45, 7) is 7.30. The van der Waals surface area contributed by atoms with E-state index in [1.165, 1.54) is 11.6 Å². The van der Waals surface area contributed by atoms with E-state index in [1.807, 2.05) is 25.1 Å². The summed E-state index contributed by atoms with van der Waals surface area (Å²) in [6, 6.07) is 13.4. The van der Waals surface area contributed by atoms with Crippen LogP contribution < -0.4 is 10.1 Å². The van der Waals surface area contributed by atoms with Gasteiger partial charge < -0.3 is 10.1 Å². The lowest BCUT2D eigenvalue weighted by molar-refractivity contribution is 0.288. The molecular formula is C18H22FNO. The summed E-state index contributed by atoms with van der Waals surface area (Å²) in [5.74, 6) is -0.0139. The summed E-state index contributed by atoms with van der Waals surface area (Å²) in [6.07, 6.45) is 0. The van der Waals surface area contributed by atoms with E-state index in [0.29, 0.717) is 18.4 Å². The Kier molecular flexibility index (Phi) is 5.34. The topological polar surface area (TPSA) is 21.3 Å². The van der Waals surface area contributed by atoms with Crippen LogP contribution in [0.1, 0.15) is 30.5 Å². The first-order valence-corrected chi connectivity index (χ1v) is 7.25. The van der Waals surface area contributed by atoms with Crippen molar-refractivity contribution < 1.29 is 9.13 Å². The molecule has 2 rings (SSSR count). The zero-order valence-corrected chi connectivity index (χ0v) is 12.8. The van der Waals surface area contributed by atoms with Crippen LogP contribution in [0.2, 0.25) is 0 Å². The molecule has 2 aromatic carbocycles. The molecule has 3 heteroatoms. The highest BCUT2D eigenvalue weighted by atomic mass is 19.1. The van der Waals surface area contributed by atoms with Crippen molar-refractivity contribution in [3.63, 3.8) is 0 Å². The van der Waals surface area contributed by atoms with E-state index in [4.69, 9.17) is 4.74 Å². The summed E-state index contributed by atoms with van der Waals surface area (Å²) in [5, 5.41) is 3.39. The van der Waals surface area contributed by atoms with Gasteiger partial charge in [-0.3, -0.25) is 0 Å². The lowest BCUT2D eigenvalue weighted by Gasteiger charge is -2.14. The molecule has 0 aliphatic carbocycles. The van der Waals surface area contributed by atoms with Crippen molar-refractivity contribution in [1.82, 2.24) is 5.32 Å². The van der Waals surface area contributed by atoms with Gasteiger partial charge >= 0.3 is 0 Å². The van der Waals surface area contributed by atoms with Crippen LogP contribution in [-0.2, 0) is 13.2 Å². The van der Waals surface area contributed by atoms with E-state index in [9.17, 15) is 4.39 Å². The Morgan fingerprint density at radius 3 is 2.52 bits per heavy atom. The van der Waals surface area contributed by atoms with Crippen molar-refractivity contribution in [3.8, 4) is 5.75 Å². The Morgan fingerprint density at radius 2 is 1.81 bits per heavy atom. The highest BCUT2D eigenvalue weighted by molar-refractivity contribution is 5.31. The number of ether oxygens (including phenoxy) is 1. The lowest BCUT2D eigenvalue weighted by Crippen LogP contribution is -2.22. The quantitative estimate of drug-likeness (QED) is 0.859. The number of hydrogen-bond acceptors (Lipinski definition) is 2. The average Bonchev–Trinajstić information content (AvgIpc) is 2.47. The largest absolute Gasteiger partial charge is 0.486 e. The maximum absolute atomic E-state index is 13.7. The molecule has 0 spiro atoms. The monoisotopic (exact) mass is 287 g/mol. The van der Waals surface area contributed by atoms with E-state index in [1.54, 1.807) is 12.1 Å². The summed E-state index contributed by atoms with van der Waals surface area (Å²) in [5.41, 5.74) is 3.24. The van der Waals surface area contributed by atoms with Gasteiger partial charge in [0.25, 0.3) is 0 Å². The first-order valence-electron chi connectivity index (χ1n) is 7.25. The molecule has 21 heavy (non-hydrogen) atoms. The third-order valence-electron chi connectivity index (χ3n) is 3.29. The lowest BCUT2D eigenvalue weighted by atomic mass is 10.1. The van der Waals surface area contributed by atoms with E-state index in [2.05, 4.69) is 25.2 Å². The number of benzene rings is 2. The highest BCUT2D eigenvalue weighted by Crippen LogP contribution is 2.20. The average molecular weight is 287 g/mol. The van der Waals surface area contributed by atoms with Gasteiger partial charge in [0.1, 0.15) is 6.61 Å². The third kappa shape index (κ3) is 4.57. The molecular weight excluding hydrogens is 265 g/mol. The van der Waals surface area contributed by atoms with Crippen molar-refractivity contribution in [2.45, 2.75) is 40.0 Å². The van der Waals surface area contributed by atoms with Crippen LogP contribution in [-0.4, -0.2) is 6.04 Å². The van der Waals surface area contributed by atoms with E-state index in [-0.39, 0.29) is 5.82 Å². The molecule has 0 aromatic heterocycles. The second-order valence-electron chi connectivity index (χ2n) is 5.53. The summed E-state index contributed by atoms with van der Waals surface area (Å²) in [7, 11) is 0. The van der Waals surface area contributed by atoms with Crippen LogP contribution in [0.4, 0.5) is 4.39 Å². The molecule has 0 aliphatic rings. The number of halogens is 1. The molecule has 0 radical (unpaired) electrons. The zero-order valence-electron chi connectivity index (χ0n) is 12.8. The van der Waals surface area contributed by atoms with E-state index >= 15 is 0 Å². The van der Waals surface area contributed by atoms with Gasteiger partial charge in [-0.15, -0.1) is 0 Å². The van der Waals surface area contributed by atoms with Gasteiger partial charge in [-0.05, 0) is 35.7 Å². The predicted molar refractivity (Wildman–Crippen MR) is 83.9 cm³/mol. The van der Waals surface area contributed by atoms with Crippen molar-refractivity contribution in [1.29, 1.82) is 0 Å². The Bertz CT molecular complexity index is 596. The minimum absolute atomic E-state index is 0.307. The SMILES string of the molecule is Cc1ccc(F)c(OCc2ccccc2CNC(C)C)c1. The zero-order chi connectivity index (χ0) is 15.2. The molecule has 0 saturated heterocycles. The van der Waals surface area contributed by atoms with Crippen molar-refractivity contribution in [2.24, 2.45) is 0 Å². The highest BCUT2D eigenvalue weighted by Gasteiger charge is 2.07. The minimum atomic E-state index is -0.321. The molecule has 0 amide bonds. The molecule has 0 unspecified atom stereocenters. The molecule has 0 heterocycles. The molecule has 0 aliphatic heterocycles. The summed E-state index contributed by atoms with van der Waals surface area (Å²) >= 11 is 0. The van der Waals surface area contributed by atoms with Crippen LogP contribution >= 0.6 is 0 Å². The maximum atomic E-state index is 13.7. The van der Waals surface area contributed by atoms with Crippen molar-refractivity contribution >= 4 is 0 Å². The predicted octanol–water partition coefficient (Wildman–Crippen LogP) is 4.21. The van der Waals surface area contributed by atoms with Crippen molar-refractivity contribution in [3.05, 3.63) is 65.0 Å². The Morgan fingerprint density at radius 1 is 1.10 bits per heavy atom. The normalized spacial score (nSPS) is 10.9. The summed E-state index contributed by atoms with van der Waals surface area (Å²) < 4.78 is 19.3. The molecule has 112 valence electrons. The Hall–Kier alpha value is -1.87. The minimum Gasteiger partial charge on any atom is -0.486 e. The first-order chi connectivity index (χ1) is 10.1. The summed E-state index contributed by atoms with van der Waals surface area (Å²) in [4.78, 5) is 0. The van der Waals surface area contributed by atoms with Crippen LogP contribution in [0, 0.1) is 12.7 Å². The number of nitrogens with one attached hydrogen (secondary N) is 1. The Labute approximate surface area is 126 Å². The Balaban J connectivity index is 2.07. The van der Waals surface area contributed by atoms with Gasteiger partial charge in [-0.25, -0.2) is 4.39 Å². The fourth-order valence-corrected chi connectivity index (χ4v) is 2.06. The molecule has 0 saturated carbocycles. The smallest absolute Gasteiger partial charge is 0.165 e. The van der Waals surface area contributed by atoms with Gasteiger partial charge in [-0.2, -0.15) is 0 Å². The van der Waals surface area contributed by atoms with Crippen molar-refractivity contribution in [2.75, 3.05) is 0 Å². The molecule has 2 nitrogen and oxygen atoms in total.